The van der Waals surface area contributed by atoms with Crippen LogP contribution in [-0.4, -0.2) is 22.2 Å². The number of nitrogens with two attached hydrogens (primary N) is 1. The Balaban J connectivity index is 0.00000245. The highest BCUT2D eigenvalue weighted by atomic mass is 35.5. The van der Waals surface area contributed by atoms with Gasteiger partial charge < -0.3 is 19.8 Å². The highest BCUT2D eigenvalue weighted by Crippen LogP contribution is 2.37. The number of carbonyl (C=O) groups is 1. The molecule has 164 valence electrons. The Kier molecular flexibility index (Phi) is 6.21. The summed E-state index contributed by atoms with van der Waals surface area (Å²) in [5.41, 5.74) is 12.1. The van der Waals surface area contributed by atoms with Crippen LogP contribution in [-0.2, 0) is 17.8 Å². The fraction of sp³-hybridized carbons (Fsp3) is 0.192. The molecule has 0 saturated heterocycles. The normalized spacial score (nSPS) is 11.3. The molecule has 5 nitrogen and oxygen atoms in total. The summed E-state index contributed by atoms with van der Waals surface area (Å²) >= 11 is 0. The lowest BCUT2D eigenvalue weighted by Gasteiger charge is -2.07. The standard InChI is InChI=1S/C26H24N2O3.ClH/c27-13-12-18-16-28(14-4-9-25(29)30)23-11-10-17(15-22(18)23)19-6-3-7-21-20-5-1-2-8-24(20)31-26(19)21;/h1-3,5-8,10-11,15-16H,4,9,12-14,27H2,(H,29,30);1H. The van der Waals surface area contributed by atoms with E-state index in [2.05, 4.69) is 53.2 Å². The molecule has 0 bridgehead atoms. The number of aryl methyl sites for hydroxylation is 1. The average molecular weight is 449 g/mol. The molecular weight excluding hydrogens is 424 g/mol. The lowest BCUT2D eigenvalue weighted by Crippen LogP contribution is -2.02. The van der Waals surface area contributed by atoms with Crippen molar-refractivity contribution >= 4 is 51.2 Å². The average Bonchev–Trinajstić information content (AvgIpc) is 3.32. The van der Waals surface area contributed by atoms with Crippen LogP contribution in [0.4, 0.5) is 0 Å². The van der Waals surface area contributed by atoms with Crippen molar-refractivity contribution in [1.29, 1.82) is 0 Å². The number of nitrogens with zero attached hydrogens (tertiary/aromatic N) is 1. The summed E-state index contributed by atoms with van der Waals surface area (Å²) in [5, 5.41) is 12.4. The number of carboxylic acids is 1. The first-order chi connectivity index (χ1) is 15.2. The van der Waals surface area contributed by atoms with E-state index in [-0.39, 0.29) is 18.8 Å². The van der Waals surface area contributed by atoms with Gasteiger partial charge in [0, 0.05) is 46.4 Å². The molecule has 0 saturated carbocycles. The van der Waals surface area contributed by atoms with Gasteiger partial charge in [0.25, 0.3) is 0 Å². The summed E-state index contributed by atoms with van der Waals surface area (Å²) in [7, 11) is 0. The molecule has 0 aliphatic rings. The first-order valence-corrected chi connectivity index (χ1v) is 10.6. The lowest BCUT2D eigenvalue weighted by molar-refractivity contribution is -0.137. The fourth-order valence-corrected chi connectivity index (χ4v) is 4.45. The number of aliphatic carboxylic acids is 1. The number of carboxylic acid groups (broad SMARTS) is 1. The molecule has 0 radical (unpaired) electrons. The van der Waals surface area contributed by atoms with E-state index in [1.165, 1.54) is 5.56 Å². The number of benzene rings is 3. The summed E-state index contributed by atoms with van der Waals surface area (Å²) < 4.78 is 8.38. The number of para-hydroxylation sites is 2. The molecule has 3 N–H and O–H groups in total. The molecule has 0 atom stereocenters. The summed E-state index contributed by atoms with van der Waals surface area (Å²) in [5.74, 6) is -0.764. The second kappa shape index (κ2) is 9.07. The first-order valence-electron chi connectivity index (χ1n) is 10.6. The Hall–Kier alpha value is -3.28. The van der Waals surface area contributed by atoms with Crippen LogP contribution in [0.2, 0.25) is 0 Å². The minimum absolute atomic E-state index is 0. The maximum atomic E-state index is 10.9. The molecule has 0 amide bonds. The van der Waals surface area contributed by atoms with E-state index >= 15 is 0 Å². The van der Waals surface area contributed by atoms with E-state index in [0.29, 0.717) is 19.5 Å². The van der Waals surface area contributed by atoms with Gasteiger partial charge in [-0.2, -0.15) is 0 Å². The van der Waals surface area contributed by atoms with Crippen LogP contribution in [0.3, 0.4) is 0 Å². The molecule has 0 aliphatic heterocycles. The van der Waals surface area contributed by atoms with Crippen molar-refractivity contribution in [1.82, 2.24) is 4.57 Å². The SMILES string of the molecule is Cl.NCCc1cn(CCCC(=O)O)c2ccc(-c3cccc4c3oc3ccccc34)cc12. The third-order valence-corrected chi connectivity index (χ3v) is 5.88. The number of rotatable bonds is 7. The number of fused-ring (bicyclic) bond motifs is 4. The van der Waals surface area contributed by atoms with Crippen LogP contribution >= 0.6 is 12.4 Å². The highest BCUT2D eigenvalue weighted by molar-refractivity contribution is 6.10. The van der Waals surface area contributed by atoms with Crippen molar-refractivity contribution in [3.8, 4) is 11.1 Å². The number of furan rings is 1. The van der Waals surface area contributed by atoms with Crippen molar-refractivity contribution < 1.29 is 14.3 Å². The minimum atomic E-state index is -0.764. The Labute approximate surface area is 191 Å². The van der Waals surface area contributed by atoms with Crippen LogP contribution in [0, 0.1) is 0 Å². The van der Waals surface area contributed by atoms with E-state index in [9.17, 15) is 4.79 Å². The molecular formula is C26H25ClN2O3. The van der Waals surface area contributed by atoms with Crippen molar-refractivity contribution in [2.75, 3.05) is 6.54 Å². The molecule has 2 heterocycles. The second-order valence-electron chi connectivity index (χ2n) is 7.90. The summed E-state index contributed by atoms with van der Waals surface area (Å²) in [4.78, 5) is 10.9. The zero-order chi connectivity index (χ0) is 21.4. The molecule has 5 aromatic rings. The van der Waals surface area contributed by atoms with Crippen molar-refractivity contribution in [3.63, 3.8) is 0 Å². The first kappa shape index (κ1) is 21.9. The van der Waals surface area contributed by atoms with E-state index in [1.54, 1.807) is 0 Å². The van der Waals surface area contributed by atoms with Gasteiger partial charge in [0.2, 0.25) is 0 Å². The van der Waals surface area contributed by atoms with E-state index in [4.69, 9.17) is 15.3 Å². The maximum absolute atomic E-state index is 10.9. The number of aromatic nitrogens is 1. The molecule has 6 heteroatoms. The highest BCUT2D eigenvalue weighted by Gasteiger charge is 2.14. The van der Waals surface area contributed by atoms with Gasteiger partial charge >= 0.3 is 5.97 Å². The van der Waals surface area contributed by atoms with E-state index < -0.39 is 5.97 Å². The van der Waals surface area contributed by atoms with Gasteiger partial charge in [-0.1, -0.05) is 42.5 Å². The van der Waals surface area contributed by atoms with Gasteiger partial charge in [-0.05, 0) is 48.7 Å². The van der Waals surface area contributed by atoms with Gasteiger partial charge in [0.15, 0.2) is 0 Å². The van der Waals surface area contributed by atoms with E-state index in [0.717, 1.165) is 50.4 Å². The topological polar surface area (TPSA) is 81.4 Å². The van der Waals surface area contributed by atoms with Crippen LogP contribution in [0.1, 0.15) is 18.4 Å². The predicted molar refractivity (Wildman–Crippen MR) is 132 cm³/mol. The molecule has 3 aromatic carbocycles. The molecule has 0 spiro atoms. The number of hydrogen-bond acceptors (Lipinski definition) is 3. The fourth-order valence-electron chi connectivity index (χ4n) is 4.45. The molecule has 2 aromatic heterocycles. The van der Waals surface area contributed by atoms with Gasteiger partial charge in [0.1, 0.15) is 11.2 Å². The van der Waals surface area contributed by atoms with Gasteiger partial charge in [-0.3, -0.25) is 4.79 Å². The van der Waals surface area contributed by atoms with Gasteiger partial charge in [-0.25, -0.2) is 0 Å². The molecule has 32 heavy (non-hydrogen) atoms. The summed E-state index contributed by atoms with van der Waals surface area (Å²) in [6.45, 7) is 1.24. The largest absolute Gasteiger partial charge is 0.481 e. The molecule has 0 aliphatic carbocycles. The molecule has 0 unspecified atom stereocenters. The van der Waals surface area contributed by atoms with Crippen molar-refractivity contribution in [2.24, 2.45) is 5.73 Å². The molecule has 5 rings (SSSR count). The Morgan fingerprint density at radius 2 is 1.81 bits per heavy atom. The quantitative estimate of drug-likeness (QED) is 0.320. The van der Waals surface area contributed by atoms with E-state index in [1.807, 2.05) is 18.2 Å². The van der Waals surface area contributed by atoms with Crippen molar-refractivity contribution in [2.45, 2.75) is 25.8 Å². The third-order valence-electron chi connectivity index (χ3n) is 5.88. The van der Waals surface area contributed by atoms with Gasteiger partial charge in [-0.15, -0.1) is 12.4 Å². The Bertz CT molecular complexity index is 1420. The minimum Gasteiger partial charge on any atom is -0.481 e. The monoisotopic (exact) mass is 448 g/mol. The summed E-state index contributed by atoms with van der Waals surface area (Å²) in [6.07, 6.45) is 3.66. The smallest absolute Gasteiger partial charge is 0.303 e. The summed E-state index contributed by atoms with van der Waals surface area (Å²) in [6, 6.07) is 20.8. The Morgan fingerprint density at radius 3 is 2.62 bits per heavy atom. The zero-order valence-electron chi connectivity index (χ0n) is 17.6. The Morgan fingerprint density at radius 1 is 1.00 bits per heavy atom. The third kappa shape index (κ3) is 3.85. The molecule has 0 fully saturated rings. The van der Waals surface area contributed by atoms with Gasteiger partial charge in [0.05, 0.1) is 0 Å². The van der Waals surface area contributed by atoms with Crippen LogP contribution in [0.25, 0.3) is 44.0 Å². The second-order valence-corrected chi connectivity index (χ2v) is 7.90. The van der Waals surface area contributed by atoms with Crippen LogP contribution < -0.4 is 5.73 Å². The zero-order valence-corrected chi connectivity index (χ0v) is 18.4. The van der Waals surface area contributed by atoms with Crippen LogP contribution in [0.15, 0.2) is 71.3 Å². The van der Waals surface area contributed by atoms with Crippen molar-refractivity contribution in [3.05, 3.63) is 72.4 Å². The maximum Gasteiger partial charge on any atom is 0.303 e. The number of halogens is 1. The number of hydrogen-bond donors (Lipinski definition) is 2. The predicted octanol–water partition coefficient (Wildman–Crippen LogP) is 6.00. The van der Waals surface area contributed by atoms with Crippen LogP contribution in [0.5, 0.6) is 0 Å². The lowest BCUT2D eigenvalue weighted by atomic mass is 9.99.